The van der Waals surface area contributed by atoms with E-state index in [1.807, 2.05) is 18.2 Å². The monoisotopic (exact) mass is 328 g/mol. The summed E-state index contributed by atoms with van der Waals surface area (Å²) >= 11 is 5.16. The van der Waals surface area contributed by atoms with Crippen molar-refractivity contribution in [2.24, 2.45) is 5.92 Å². The number of rotatable bonds is 4. The minimum atomic E-state index is -0.135. The molecule has 120 valence electrons. The van der Waals surface area contributed by atoms with E-state index in [2.05, 4.69) is 22.4 Å². The molecule has 1 amide bonds. The largest absolute Gasteiger partial charge is 0.373 e. The molecule has 1 aromatic heterocycles. The van der Waals surface area contributed by atoms with E-state index in [9.17, 15) is 4.79 Å². The summed E-state index contributed by atoms with van der Waals surface area (Å²) in [6.45, 7) is 1.36. The third kappa shape index (κ3) is 3.86. The quantitative estimate of drug-likeness (QED) is 0.843. The van der Waals surface area contributed by atoms with Gasteiger partial charge in [-0.2, -0.15) is 0 Å². The fraction of sp³-hybridized carbons (Fsp3) is 0.333. The van der Waals surface area contributed by atoms with Crippen LogP contribution in [-0.2, 0) is 4.74 Å². The number of hydrogen-bond donors (Lipinski definition) is 2. The Hall–Kier alpha value is -1.98. The molecule has 1 aromatic carbocycles. The first-order chi connectivity index (χ1) is 11.3. The summed E-state index contributed by atoms with van der Waals surface area (Å²) in [4.78, 5) is 15.2. The minimum Gasteiger partial charge on any atom is -0.373 e. The third-order valence-electron chi connectivity index (χ3n) is 4.16. The number of H-pyrrole nitrogens is 1. The van der Waals surface area contributed by atoms with Crippen LogP contribution in [0.2, 0.25) is 0 Å². The van der Waals surface area contributed by atoms with Crippen LogP contribution in [0, 0.1) is 10.6 Å². The minimum absolute atomic E-state index is 0.0376. The molecule has 1 aliphatic rings. The van der Waals surface area contributed by atoms with Gasteiger partial charge in [-0.25, -0.2) is 0 Å². The Balaban J connectivity index is 1.67. The SMILES string of the molecule is O=C(NC[C@@H]1CCCO[C@@H]1c1ccccc1)c1ccc[nH]c1=S. The summed E-state index contributed by atoms with van der Waals surface area (Å²) in [6.07, 6.45) is 3.83. The second-order valence-corrected chi connectivity index (χ2v) is 6.14. The lowest BCUT2D eigenvalue weighted by molar-refractivity contribution is -0.0272. The highest BCUT2D eigenvalue weighted by Crippen LogP contribution is 2.33. The van der Waals surface area contributed by atoms with Crippen molar-refractivity contribution in [2.75, 3.05) is 13.2 Å². The van der Waals surface area contributed by atoms with Gasteiger partial charge in [-0.3, -0.25) is 4.79 Å². The van der Waals surface area contributed by atoms with Crippen LogP contribution in [0.15, 0.2) is 48.7 Å². The standard InChI is InChI=1S/C18H20N2O2S/c21-17(15-9-4-10-19-18(15)23)20-12-14-8-5-11-22-16(14)13-6-2-1-3-7-13/h1-4,6-7,9-10,14,16H,5,8,11-12H2,(H,19,23)(H,20,21)/t14-,16+/m0/s1. The summed E-state index contributed by atoms with van der Waals surface area (Å²) in [5, 5.41) is 3.00. The van der Waals surface area contributed by atoms with E-state index < -0.39 is 0 Å². The predicted molar refractivity (Wildman–Crippen MR) is 91.8 cm³/mol. The van der Waals surface area contributed by atoms with Gasteiger partial charge >= 0.3 is 0 Å². The fourth-order valence-corrected chi connectivity index (χ4v) is 3.21. The average Bonchev–Trinajstić information content (AvgIpc) is 2.61. The summed E-state index contributed by atoms with van der Waals surface area (Å²) in [5.74, 6) is 0.139. The zero-order valence-electron chi connectivity index (χ0n) is 12.8. The van der Waals surface area contributed by atoms with E-state index in [4.69, 9.17) is 17.0 Å². The van der Waals surface area contributed by atoms with Gasteiger partial charge in [0.15, 0.2) is 0 Å². The molecular formula is C18H20N2O2S. The van der Waals surface area contributed by atoms with E-state index in [0.29, 0.717) is 16.7 Å². The lowest BCUT2D eigenvalue weighted by Crippen LogP contribution is -2.35. The number of amides is 1. The number of nitrogens with one attached hydrogen (secondary N) is 2. The summed E-state index contributed by atoms with van der Waals surface area (Å²) in [7, 11) is 0. The number of aromatic nitrogens is 1. The Bertz CT molecular complexity index is 714. The van der Waals surface area contributed by atoms with Gasteiger partial charge in [0.2, 0.25) is 0 Å². The van der Waals surface area contributed by atoms with Gasteiger partial charge in [-0.1, -0.05) is 42.5 Å². The van der Waals surface area contributed by atoms with Crippen LogP contribution in [-0.4, -0.2) is 24.0 Å². The molecule has 2 aromatic rings. The molecule has 0 spiro atoms. The van der Waals surface area contributed by atoms with Crippen molar-refractivity contribution >= 4 is 18.1 Å². The normalized spacial score (nSPS) is 20.9. The van der Waals surface area contributed by atoms with E-state index in [0.717, 1.165) is 19.4 Å². The first-order valence-electron chi connectivity index (χ1n) is 7.88. The first kappa shape index (κ1) is 15.9. The van der Waals surface area contributed by atoms with Crippen molar-refractivity contribution in [3.05, 3.63) is 64.4 Å². The molecule has 0 aliphatic carbocycles. The summed E-state index contributed by atoms with van der Waals surface area (Å²) in [5.41, 5.74) is 1.68. The molecule has 0 bridgehead atoms. The van der Waals surface area contributed by atoms with Crippen LogP contribution in [0.25, 0.3) is 0 Å². The van der Waals surface area contributed by atoms with Crippen molar-refractivity contribution in [3.8, 4) is 0 Å². The maximum absolute atomic E-state index is 12.3. The van der Waals surface area contributed by atoms with E-state index >= 15 is 0 Å². The Morgan fingerprint density at radius 1 is 1.26 bits per heavy atom. The zero-order valence-corrected chi connectivity index (χ0v) is 13.6. The van der Waals surface area contributed by atoms with Crippen molar-refractivity contribution < 1.29 is 9.53 Å². The van der Waals surface area contributed by atoms with Crippen LogP contribution in [0.5, 0.6) is 0 Å². The molecule has 0 radical (unpaired) electrons. The lowest BCUT2D eigenvalue weighted by Gasteiger charge is -2.32. The molecule has 1 fully saturated rings. The van der Waals surface area contributed by atoms with E-state index in [1.165, 1.54) is 5.56 Å². The maximum atomic E-state index is 12.3. The Labute approximate surface area is 140 Å². The molecule has 0 saturated carbocycles. The number of benzene rings is 1. The molecule has 2 atom stereocenters. The van der Waals surface area contributed by atoms with Gasteiger partial charge in [0.1, 0.15) is 4.64 Å². The van der Waals surface area contributed by atoms with Gasteiger partial charge < -0.3 is 15.0 Å². The Kier molecular flexibility index (Phi) is 5.20. The number of pyridine rings is 1. The van der Waals surface area contributed by atoms with Crippen LogP contribution in [0.4, 0.5) is 0 Å². The molecule has 4 nitrogen and oxygen atoms in total. The van der Waals surface area contributed by atoms with E-state index in [1.54, 1.807) is 18.3 Å². The smallest absolute Gasteiger partial charge is 0.254 e. The Morgan fingerprint density at radius 3 is 2.87 bits per heavy atom. The van der Waals surface area contributed by atoms with Crippen LogP contribution >= 0.6 is 12.2 Å². The highest BCUT2D eigenvalue weighted by atomic mass is 32.1. The number of carbonyl (C=O) groups excluding carboxylic acids is 1. The molecule has 2 heterocycles. The number of ether oxygens (including phenoxy) is 1. The fourth-order valence-electron chi connectivity index (χ4n) is 2.98. The van der Waals surface area contributed by atoms with Gasteiger partial charge in [-0.05, 0) is 30.5 Å². The molecule has 2 N–H and O–H groups in total. The van der Waals surface area contributed by atoms with Crippen molar-refractivity contribution in [1.29, 1.82) is 0 Å². The third-order valence-corrected chi connectivity index (χ3v) is 4.50. The molecule has 1 saturated heterocycles. The second kappa shape index (κ2) is 7.53. The topological polar surface area (TPSA) is 54.1 Å². The second-order valence-electron chi connectivity index (χ2n) is 5.73. The van der Waals surface area contributed by atoms with Gasteiger partial charge in [-0.15, -0.1) is 0 Å². The highest BCUT2D eigenvalue weighted by Gasteiger charge is 2.27. The zero-order chi connectivity index (χ0) is 16.1. The summed E-state index contributed by atoms with van der Waals surface area (Å²) in [6, 6.07) is 13.7. The molecule has 5 heteroatoms. The molecule has 1 aliphatic heterocycles. The van der Waals surface area contributed by atoms with Gasteiger partial charge in [0.25, 0.3) is 5.91 Å². The van der Waals surface area contributed by atoms with Crippen LogP contribution in [0.1, 0.15) is 34.9 Å². The number of carbonyl (C=O) groups is 1. The van der Waals surface area contributed by atoms with Crippen molar-refractivity contribution in [3.63, 3.8) is 0 Å². The molecular weight excluding hydrogens is 308 g/mol. The highest BCUT2D eigenvalue weighted by molar-refractivity contribution is 7.71. The van der Waals surface area contributed by atoms with E-state index in [-0.39, 0.29) is 17.9 Å². The van der Waals surface area contributed by atoms with Crippen LogP contribution in [0.3, 0.4) is 0 Å². The van der Waals surface area contributed by atoms with Crippen molar-refractivity contribution in [2.45, 2.75) is 18.9 Å². The lowest BCUT2D eigenvalue weighted by atomic mass is 9.89. The number of aromatic amines is 1. The predicted octanol–water partition coefficient (Wildman–Crippen LogP) is 3.64. The molecule has 3 rings (SSSR count). The van der Waals surface area contributed by atoms with Crippen LogP contribution < -0.4 is 5.32 Å². The molecule has 23 heavy (non-hydrogen) atoms. The Morgan fingerprint density at radius 2 is 2.09 bits per heavy atom. The summed E-state index contributed by atoms with van der Waals surface area (Å²) < 4.78 is 6.42. The average molecular weight is 328 g/mol. The first-order valence-corrected chi connectivity index (χ1v) is 8.29. The van der Waals surface area contributed by atoms with Gasteiger partial charge in [0, 0.05) is 25.3 Å². The number of hydrogen-bond acceptors (Lipinski definition) is 3. The van der Waals surface area contributed by atoms with Crippen molar-refractivity contribution in [1.82, 2.24) is 10.3 Å². The maximum Gasteiger partial charge on any atom is 0.254 e. The molecule has 0 unspecified atom stereocenters. The van der Waals surface area contributed by atoms with Gasteiger partial charge in [0.05, 0.1) is 11.7 Å².